The van der Waals surface area contributed by atoms with Gasteiger partial charge in [0.2, 0.25) is 0 Å². The van der Waals surface area contributed by atoms with Crippen molar-refractivity contribution in [3.63, 3.8) is 0 Å². The molecule has 22 heavy (non-hydrogen) atoms. The highest BCUT2D eigenvalue weighted by atomic mass is 15.1. The summed E-state index contributed by atoms with van der Waals surface area (Å²) in [6.45, 7) is 2.03. The van der Waals surface area contributed by atoms with Crippen LogP contribution in [0.5, 0.6) is 0 Å². The van der Waals surface area contributed by atoms with Gasteiger partial charge in [-0.25, -0.2) is 0 Å². The van der Waals surface area contributed by atoms with E-state index in [2.05, 4.69) is 50.5 Å². The van der Waals surface area contributed by atoms with Crippen molar-refractivity contribution in [2.75, 3.05) is 6.54 Å². The quantitative estimate of drug-likeness (QED) is 0.763. The van der Waals surface area contributed by atoms with Crippen molar-refractivity contribution in [1.82, 2.24) is 20.1 Å². The summed E-state index contributed by atoms with van der Waals surface area (Å²) in [5, 5.41) is 12.4. The lowest BCUT2D eigenvalue weighted by molar-refractivity contribution is 0.345. The number of H-pyrrole nitrogens is 1. The van der Waals surface area contributed by atoms with Gasteiger partial charge in [0, 0.05) is 35.3 Å². The molecule has 5 rings (SSSR count). The first-order valence-corrected chi connectivity index (χ1v) is 8.22. The molecule has 3 heterocycles. The van der Waals surface area contributed by atoms with Crippen molar-refractivity contribution in [3.05, 3.63) is 53.5 Å². The Morgan fingerprint density at radius 3 is 3.18 bits per heavy atom. The molecule has 4 nitrogen and oxygen atoms in total. The van der Waals surface area contributed by atoms with Crippen LogP contribution in [0.25, 0.3) is 10.9 Å². The van der Waals surface area contributed by atoms with Gasteiger partial charge in [-0.3, -0.25) is 5.10 Å². The number of aromatic amines is 1. The Morgan fingerprint density at radius 2 is 2.27 bits per heavy atom. The van der Waals surface area contributed by atoms with Gasteiger partial charge in [0.05, 0.1) is 12.2 Å². The molecule has 1 aliphatic carbocycles. The third-order valence-corrected chi connectivity index (χ3v) is 5.34. The van der Waals surface area contributed by atoms with E-state index in [1.165, 1.54) is 35.9 Å². The molecule has 0 saturated carbocycles. The van der Waals surface area contributed by atoms with Crippen molar-refractivity contribution < 1.29 is 0 Å². The summed E-state index contributed by atoms with van der Waals surface area (Å²) in [4.78, 5) is 0. The first-order chi connectivity index (χ1) is 10.9. The van der Waals surface area contributed by atoms with Gasteiger partial charge < -0.3 is 9.88 Å². The molecule has 0 radical (unpaired) electrons. The Hall–Kier alpha value is -2.07. The lowest BCUT2D eigenvalue weighted by Gasteiger charge is -2.36. The number of nitrogens with one attached hydrogen (secondary N) is 2. The third kappa shape index (κ3) is 1.77. The van der Waals surface area contributed by atoms with Crippen molar-refractivity contribution in [1.29, 1.82) is 0 Å². The molecule has 1 aliphatic heterocycles. The Balaban J connectivity index is 1.66. The second-order valence-electron chi connectivity index (χ2n) is 6.62. The summed E-state index contributed by atoms with van der Waals surface area (Å²) in [5.41, 5.74) is 5.58. The van der Waals surface area contributed by atoms with Crippen LogP contribution in [0.4, 0.5) is 0 Å². The molecule has 1 saturated heterocycles. The van der Waals surface area contributed by atoms with E-state index in [-0.39, 0.29) is 0 Å². The number of benzene rings is 1. The van der Waals surface area contributed by atoms with Crippen LogP contribution >= 0.6 is 0 Å². The molecule has 4 heteroatoms. The minimum Gasteiger partial charge on any atom is -0.341 e. The lowest BCUT2D eigenvalue weighted by Crippen LogP contribution is -2.43. The fourth-order valence-corrected chi connectivity index (χ4v) is 4.40. The molecule has 2 aliphatic rings. The zero-order valence-corrected chi connectivity index (χ0v) is 12.5. The maximum atomic E-state index is 4.07. The molecule has 112 valence electrons. The zero-order valence-electron chi connectivity index (χ0n) is 12.5. The second kappa shape index (κ2) is 4.71. The number of rotatable bonds is 2. The Kier molecular flexibility index (Phi) is 2.67. The predicted molar refractivity (Wildman–Crippen MR) is 87.1 cm³/mol. The van der Waals surface area contributed by atoms with E-state index in [4.69, 9.17) is 0 Å². The number of aromatic nitrogens is 3. The summed E-state index contributed by atoms with van der Waals surface area (Å²) in [7, 11) is 0. The normalized spacial score (nSPS) is 23.6. The van der Waals surface area contributed by atoms with Crippen LogP contribution in [-0.4, -0.2) is 27.4 Å². The lowest BCUT2D eigenvalue weighted by atomic mass is 9.76. The number of fused-ring (bicyclic) bond motifs is 2. The number of hydrogen-bond donors (Lipinski definition) is 2. The van der Waals surface area contributed by atoms with E-state index < -0.39 is 0 Å². The topological polar surface area (TPSA) is 45.6 Å². The van der Waals surface area contributed by atoms with Gasteiger partial charge >= 0.3 is 0 Å². The van der Waals surface area contributed by atoms with Crippen LogP contribution in [0.3, 0.4) is 0 Å². The summed E-state index contributed by atoms with van der Waals surface area (Å²) in [6, 6.07) is 9.50. The van der Waals surface area contributed by atoms with Crippen LogP contribution in [0.15, 0.2) is 36.7 Å². The van der Waals surface area contributed by atoms with E-state index in [0.29, 0.717) is 12.0 Å². The van der Waals surface area contributed by atoms with Crippen LogP contribution in [0, 0.1) is 0 Å². The molecule has 1 aromatic carbocycles. The van der Waals surface area contributed by atoms with Crippen molar-refractivity contribution in [3.8, 4) is 0 Å². The summed E-state index contributed by atoms with van der Waals surface area (Å²) in [6.07, 6.45) is 7.95. The molecule has 3 aromatic rings. The van der Waals surface area contributed by atoms with Gasteiger partial charge in [-0.2, -0.15) is 5.10 Å². The third-order valence-electron chi connectivity index (χ3n) is 5.34. The van der Waals surface area contributed by atoms with Gasteiger partial charge in [-0.05, 0) is 49.1 Å². The average Bonchev–Trinajstić information content (AvgIpc) is 3.18. The Labute approximate surface area is 129 Å². The largest absolute Gasteiger partial charge is 0.341 e. The van der Waals surface area contributed by atoms with E-state index in [0.717, 1.165) is 18.7 Å². The molecular weight excluding hydrogens is 272 g/mol. The SMILES string of the molecule is c1cc2c3c(cn(Cc4ccn[nH]4)c3c1)C[C@H]1NCCC[C@H]21. The minimum absolute atomic E-state index is 0.620. The molecule has 0 spiro atoms. The number of hydrogen-bond acceptors (Lipinski definition) is 2. The van der Waals surface area contributed by atoms with Gasteiger partial charge in [0.15, 0.2) is 0 Å². The molecule has 2 aromatic heterocycles. The molecule has 1 fully saturated rings. The summed E-state index contributed by atoms with van der Waals surface area (Å²) in [5.74, 6) is 0.688. The number of piperidine rings is 1. The standard InChI is InChI=1S/C18H20N4/c1-3-15-14-4-2-7-19-16(14)9-12-10-22(17(5-1)18(12)15)11-13-6-8-20-21-13/h1,3,5-6,8,10,14,16,19H,2,4,7,9,11H2,(H,20,21)/t14-,16-/m1/s1. The van der Waals surface area contributed by atoms with E-state index in [1.54, 1.807) is 5.56 Å². The maximum Gasteiger partial charge on any atom is 0.0643 e. The molecule has 2 N–H and O–H groups in total. The second-order valence-corrected chi connectivity index (χ2v) is 6.62. The van der Waals surface area contributed by atoms with Crippen LogP contribution in [-0.2, 0) is 13.0 Å². The summed E-state index contributed by atoms with van der Waals surface area (Å²) >= 11 is 0. The molecule has 0 unspecified atom stereocenters. The fourth-order valence-electron chi connectivity index (χ4n) is 4.40. The van der Waals surface area contributed by atoms with Crippen LogP contribution in [0.2, 0.25) is 0 Å². The van der Waals surface area contributed by atoms with Crippen molar-refractivity contribution >= 4 is 10.9 Å². The van der Waals surface area contributed by atoms with E-state index >= 15 is 0 Å². The van der Waals surface area contributed by atoms with Gasteiger partial charge in [-0.1, -0.05) is 12.1 Å². The minimum atomic E-state index is 0.620. The maximum absolute atomic E-state index is 4.07. The zero-order chi connectivity index (χ0) is 14.5. The smallest absolute Gasteiger partial charge is 0.0643 e. The monoisotopic (exact) mass is 292 g/mol. The van der Waals surface area contributed by atoms with Gasteiger partial charge in [0.1, 0.15) is 0 Å². The fraction of sp³-hybridized carbons (Fsp3) is 0.389. The molecular formula is C18H20N4. The first-order valence-electron chi connectivity index (χ1n) is 8.22. The predicted octanol–water partition coefficient (Wildman–Crippen LogP) is 2.80. The van der Waals surface area contributed by atoms with Crippen molar-refractivity contribution in [2.24, 2.45) is 0 Å². The van der Waals surface area contributed by atoms with Crippen LogP contribution < -0.4 is 5.32 Å². The molecule has 0 bridgehead atoms. The molecule has 2 atom stereocenters. The highest BCUT2D eigenvalue weighted by Gasteiger charge is 2.33. The first kappa shape index (κ1) is 12.5. The van der Waals surface area contributed by atoms with Gasteiger partial charge in [-0.15, -0.1) is 0 Å². The van der Waals surface area contributed by atoms with Gasteiger partial charge in [0.25, 0.3) is 0 Å². The average molecular weight is 292 g/mol. The Morgan fingerprint density at radius 1 is 1.27 bits per heavy atom. The highest BCUT2D eigenvalue weighted by molar-refractivity contribution is 5.89. The van der Waals surface area contributed by atoms with Crippen molar-refractivity contribution in [2.45, 2.75) is 37.8 Å². The Bertz CT molecular complexity index is 815. The summed E-state index contributed by atoms with van der Waals surface area (Å²) < 4.78 is 2.37. The highest BCUT2D eigenvalue weighted by Crippen LogP contribution is 2.41. The molecule has 0 amide bonds. The van der Waals surface area contributed by atoms with E-state index in [1.807, 2.05) is 6.20 Å². The van der Waals surface area contributed by atoms with E-state index in [9.17, 15) is 0 Å². The number of nitrogens with zero attached hydrogens (tertiary/aromatic N) is 2. The van der Waals surface area contributed by atoms with Crippen LogP contribution in [0.1, 0.15) is 35.6 Å².